The minimum absolute atomic E-state index is 1.22. The van der Waals surface area contributed by atoms with Gasteiger partial charge in [0.05, 0.1) is 16.1 Å². The molecule has 0 atom stereocenters. The molecule has 1 aliphatic rings. The third kappa shape index (κ3) is 1.21. The highest BCUT2D eigenvalue weighted by atomic mass is 28.5. The van der Waals surface area contributed by atoms with Crippen molar-refractivity contribution in [2.24, 2.45) is 0 Å². The molecule has 0 aromatic heterocycles. The summed E-state index contributed by atoms with van der Waals surface area (Å²) < 4.78 is 0. The molecule has 0 radical (unpaired) electrons. The Hall–Kier alpha value is -0.606. The van der Waals surface area contributed by atoms with Crippen LogP contribution in [0.2, 0.25) is 11.3 Å². The van der Waals surface area contributed by atoms with E-state index >= 15 is 0 Å². The lowest BCUT2D eigenvalue weighted by molar-refractivity contribution is 1.45. The van der Waals surface area contributed by atoms with Crippen LogP contribution >= 0.6 is 0 Å². The average molecular weight is 192 g/mol. The molecule has 0 amide bonds. The maximum Gasteiger partial charge on any atom is 0.0964 e. The summed E-state index contributed by atoms with van der Waals surface area (Å²) >= 11 is 0. The molecule has 1 aliphatic heterocycles. The van der Waals surface area contributed by atoms with Crippen LogP contribution in [0.4, 0.5) is 0 Å². The van der Waals surface area contributed by atoms with E-state index in [9.17, 15) is 0 Å². The molecule has 1 rings (SSSR count). The van der Waals surface area contributed by atoms with E-state index in [2.05, 4.69) is 49.1 Å². The smallest absolute Gasteiger partial charge is 0.0964 e. The summed E-state index contributed by atoms with van der Waals surface area (Å²) in [6.07, 6.45) is 0. The van der Waals surface area contributed by atoms with E-state index in [1.54, 1.807) is 0 Å². The molecule has 12 heavy (non-hydrogen) atoms. The summed E-state index contributed by atoms with van der Waals surface area (Å²) in [4.78, 5) is 0. The predicted octanol–water partition coefficient (Wildman–Crippen LogP) is 2.88. The van der Waals surface area contributed by atoms with Gasteiger partial charge >= 0.3 is 0 Å². The van der Waals surface area contributed by atoms with Gasteiger partial charge in [-0.15, -0.1) is 26.3 Å². The number of hydrogen-bond acceptors (Lipinski definition) is 0. The first-order valence-electron chi connectivity index (χ1n) is 4.20. The molecule has 0 N–H and O–H groups in total. The summed E-state index contributed by atoms with van der Waals surface area (Å²) in [5.74, 6) is 0. The molecule has 0 nitrogen and oxygen atoms in total. The molecule has 0 aliphatic carbocycles. The van der Waals surface area contributed by atoms with Crippen LogP contribution in [0.1, 0.15) is 0 Å². The lowest BCUT2D eigenvalue weighted by Crippen LogP contribution is -2.59. The summed E-state index contributed by atoms with van der Waals surface area (Å²) in [7, 11) is -2.44. The fraction of sp³-hybridized carbons (Fsp3) is 0.200. The summed E-state index contributed by atoms with van der Waals surface area (Å²) in [6, 6.07) is 0. The van der Waals surface area contributed by atoms with E-state index in [1.165, 1.54) is 11.3 Å². The lowest BCUT2D eigenvalue weighted by atomic mass is 11.2. The first-order chi connectivity index (χ1) is 5.66. The number of rotatable bonds is 4. The molecular formula is C10H16Si2. The zero-order valence-corrected chi connectivity index (χ0v) is 9.55. The van der Waals surface area contributed by atoms with Crippen molar-refractivity contribution in [2.75, 3.05) is 0 Å². The van der Waals surface area contributed by atoms with E-state index in [0.717, 1.165) is 0 Å². The zero-order chi connectivity index (χ0) is 9.24. The Bertz CT molecular complexity index is 190. The molecule has 0 saturated carbocycles. The van der Waals surface area contributed by atoms with Gasteiger partial charge < -0.3 is 0 Å². The van der Waals surface area contributed by atoms with Crippen LogP contribution in [0.3, 0.4) is 0 Å². The van der Waals surface area contributed by atoms with Gasteiger partial charge in [-0.3, -0.25) is 0 Å². The van der Waals surface area contributed by atoms with Crippen LogP contribution in [-0.4, -0.2) is 16.1 Å². The fourth-order valence-electron chi connectivity index (χ4n) is 1.92. The molecule has 0 unspecified atom stereocenters. The lowest BCUT2D eigenvalue weighted by Gasteiger charge is -2.47. The van der Waals surface area contributed by atoms with E-state index < -0.39 is 16.1 Å². The first kappa shape index (κ1) is 9.48. The highest BCUT2D eigenvalue weighted by Gasteiger charge is 2.50. The van der Waals surface area contributed by atoms with Crippen molar-refractivity contribution in [3.8, 4) is 0 Å². The van der Waals surface area contributed by atoms with Crippen LogP contribution in [-0.2, 0) is 0 Å². The van der Waals surface area contributed by atoms with Crippen molar-refractivity contribution in [2.45, 2.75) is 11.3 Å². The van der Waals surface area contributed by atoms with Crippen molar-refractivity contribution in [3.05, 3.63) is 49.1 Å². The van der Waals surface area contributed by atoms with Gasteiger partial charge in [-0.2, -0.15) is 0 Å². The summed E-state index contributed by atoms with van der Waals surface area (Å²) in [6.45, 7) is 15.6. The van der Waals surface area contributed by atoms with Crippen molar-refractivity contribution in [3.63, 3.8) is 0 Å². The van der Waals surface area contributed by atoms with E-state index in [-0.39, 0.29) is 0 Å². The van der Waals surface area contributed by atoms with Crippen LogP contribution in [0.25, 0.3) is 0 Å². The Labute approximate surface area is 77.0 Å². The minimum atomic E-state index is -1.22. The average Bonchev–Trinajstić information content (AvgIpc) is 2.07. The maximum absolute atomic E-state index is 3.90. The van der Waals surface area contributed by atoms with E-state index in [1.807, 2.05) is 0 Å². The molecule has 64 valence electrons. The summed E-state index contributed by atoms with van der Waals surface area (Å²) in [5, 5.41) is 0. The standard InChI is InChI=1S/C10H16Si2/c1-5-11(6-2)9-12(7-3,8-4)10-11/h5-8H,1-4,9-10H2. The van der Waals surface area contributed by atoms with E-state index in [4.69, 9.17) is 0 Å². The topological polar surface area (TPSA) is 0 Å². The van der Waals surface area contributed by atoms with Gasteiger partial charge in [-0.1, -0.05) is 22.8 Å². The van der Waals surface area contributed by atoms with Gasteiger partial charge in [0.15, 0.2) is 0 Å². The van der Waals surface area contributed by atoms with Gasteiger partial charge in [0.2, 0.25) is 0 Å². The van der Waals surface area contributed by atoms with Crippen LogP contribution < -0.4 is 0 Å². The quantitative estimate of drug-likeness (QED) is 0.601. The Kier molecular flexibility index (Phi) is 2.40. The second kappa shape index (κ2) is 3.03. The van der Waals surface area contributed by atoms with Crippen molar-refractivity contribution >= 4 is 16.1 Å². The number of hydrogen-bond donors (Lipinski definition) is 0. The van der Waals surface area contributed by atoms with Gasteiger partial charge in [-0.05, 0) is 11.3 Å². The normalized spacial score (nSPS) is 23.3. The molecular weight excluding hydrogens is 176 g/mol. The maximum atomic E-state index is 3.90. The van der Waals surface area contributed by atoms with Crippen LogP contribution in [0, 0.1) is 0 Å². The minimum Gasteiger partial charge on any atom is -0.107 e. The Balaban J connectivity index is 2.77. The second-order valence-corrected chi connectivity index (χ2v) is 13.0. The van der Waals surface area contributed by atoms with Crippen molar-refractivity contribution in [1.82, 2.24) is 0 Å². The van der Waals surface area contributed by atoms with Gasteiger partial charge in [0, 0.05) is 0 Å². The van der Waals surface area contributed by atoms with Crippen LogP contribution in [0.15, 0.2) is 49.1 Å². The SMILES string of the molecule is C=C[Si]1(C=C)C[Si](C=C)(C=C)C1. The van der Waals surface area contributed by atoms with Crippen molar-refractivity contribution < 1.29 is 0 Å². The molecule has 0 aromatic carbocycles. The molecule has 0 aromatic rings. The highest BCUT2D eigenvalue weighted by molar-refractivity contribution is 7.21. The molecule has 1 saturated heterocycles. The first-order valence-corrected chi connectivity index (χ1v) is 9.34. The zero-order valence-electron chi connectivity index (χ0n) is 7.55. The highest BCUT2D eigenvalue weighted by Crippen LogP contribution is 2.42. The molecule has 0 bridgehead atoms. The Morgan fingerprint density at radius 3 is 1.08 bits per heavy atom. The fourth-order valence-corrected chi connectivity index (χ4v) is 16.3. The van der Waals surface area contributed by atoms with Crippen molar-refractivity contribution in [1.29, 1.82) is 0 Å². The van der Waals surface area contributed by atoms with Crippen LogP contribution in [0.5, 0.6) is 0 Å². The third-order valence-electron chi connectivity index (χ3n) is 2.94. The second-order valence-electron chi connectivity index (χ2n) is 3.64. The van der Waals surface area contributed by atoms with Gasteiger partial charge in [0.1, 0.15) is 0 Å². The van der Waals surface area contributed by atoms with Gasteiger partial charge in [-0.25, -0.2) is 0 Å². The molecule has 0 spiro atoms. The Morgan fingerprint density at radius 2 is 0.917 bits per heavy atom. The predicted molar refractivity (Wildman–Crippen MR) is 61.9 cm³/mol. The molecule has 1 fully saturated rings. The summed E-state index contributed by atoms with van der Waals surface area (Å²) in [5.41, 5.74) is 11.2. The molecule has 1 heterocycles. The van der Waals surface area contributed by atoms with E-state index in [0.29, 0.717) is 0 Å². The largest absolute Gasteiger partial charge is 0.107 e. The third-order valence-corrected chi connectivity index (χ3v) is 16.7. The van der Waals surface area contributed by atoms with Gasteiger partial charge in [0.25, 0.3) is 0 Å². The molecule has 2 heteroatoms. The monoisotopic (exact) mass is 192 g/mol. The Morgan fingerprint density at radius 1 is 0.667 bits per heavy atom.